The van der Waals surface area contributed by atoms with Gasteiger partial charge in [-0.3, -0.25) is 4.90 Å². The van der Waals surface area contributed by atoms with Crippen LogP contribution in [-0.4, -0.2) is 13.1 Å². The number of nitrogens with zero attached hydrogens (tertiary/aromatic N) is 2. The van der Waals surface area contributed by atoms with Crippen molar-refractivity contribution in [3.05, 3.63) is 24.0 Å². The number of benzene rings is 1. The number of hydrogen-bond donors (Lipinski definition) is 0. The lowest BCUT2D eigenvalue weighted by Gasteiger charge is -2.05. The Morgan fingerprint density at radius 3 is 3.00 bits per heavy atom. The molecule has 0 aliphatic carbocycles. The third-order valence-corrected chi connectivity index (χ3v) is 1.80. The summed E-state index contributed by atoms with van der Waals surface area (Å²) in [5.41, 5.74) is 1.06. The lowest BCUT2D eigenvalue weighted by atomic mass is 10.2. The summed E-state index contributed by atoms with van der Waals surface area (Å²) in [7, 11) is 1.57. The summed E-state index contributed by atoms with van der Waals surface area (Å²) in [6.07, 6.45) is 0. The highest BCUT2D eigenvalue weighted by Crippen LogP contribution is 2.31. The Labute approximate surface area is 68.8 Å². The number of urea groups is 1. The predicted octanol–water partition coefficient (Wildman–Crippen LogP) is 1.63. The van der Waals surface area contributed by atoms with E-state index in [1.165, 1.54) is 23.1 Å². The molecular weight excluding hydrogens is 159 g/mol. The smallest absolute Gasteiger partial charge is 0.293 e. The van der Waals surface area contributed by atoms with Crippen molar-refractivity contribution in [2.24, 2.45) is 0 Å². The molecule has 1 heterocycles. The van der Waals surface area contributed by atoms with Gasteiger partial charge in [0.2, 0.25) is 0 Å². The summed E-state index contributed by atoms with van der Waals surface area (Å²) >= 11 is 0. The van der Waals surface area contributed by atoms with E-state index in [4.69, 9.17) is 0 Å². The summed E-state index contributed by atoms with van der Waals surface area (Å²) in [6, 6.07) is 3.72. The molecule has 1 radical (unpaired) electrons. The minimum atomic E-state index is -0.356. The number of carbonyl (C=O) groups excluding carboxylic acids is 1. The van der Waals surface area contributed by atoms with Crippen molar-refractivity contribution >= 4 is 17.4 Å². The van der Waals surface area contributed by atoms with E-state index in [0.29, 0.717) is 11.4 Å². The average molecular weight is 165 g/mol. The lowest BCUT2D eigenvalue weighted by molar-refractivity contribution is 0.252. The Balaban J connectivity index is 2.55. The molecule has 0 atom stereocenters. The number of fused-ring (bicyclic) bond motifs is 1. The molecule has 1 aromatic carbocycles. The van der Waals surface area contributed by atoms with Gasteiger partial charge in [-0.25, -0.2) is 9.18 Å². The topological polar surface area (TPSA) is 34.4 Å². The molecule has 3 nitrogen and oxygen atoms in total. The van der Waals surface area contributed by atoms with E-state index < -0.39 is 0 Å². The van der Waals surface area contributed by atoms with Crippen LogP contribution in [0.1, 0.15) is 0 Å². The minimum Gasteiger partial charge on any atom is -0.293 e. The van der Waals surface area contributed by atoms with E-state index >= 15 is 0 Å². The lowest BCUT2D eigenvalue weighted by Crippen LogP contribution is -2.22. The molecule has 2 amide bonds. The highest BCUT2D eigenvalue weighted by molar-refractivity contribution is 6.03. The van der Waals surface area contributed by atoms with Crippen molar-refractivity contribution in [3.63, 3.8) is 0 Å². The maximum atomic E-state index is 12.7. The van der Waals surface area contributed by atoms with Gasteiger partial charge in [-0.2, -0.15) is 5.32 Å². The van der Waals surface area contributed by atoms with Crippen molar-refractivity contribution in [2.75, 3.05) is 11.9 Å². The van der Waals surface area contributed by atoms with Crippen LogP contribution in [0.25, 0.3) is 0 Å². The zero-order chi connectivity index (χ0) is 8.72. The molecule has 4 heteroatoms. The number of halogens is 1. The van der Waals surface area contributed by atoms with Gasteiger partial charge in [-0.15, -0.1) is 0 Å². The summed E-state index contributed by atoms with van der Waals surface area (Å²) in [4.78, 5) is 12.3. The van der Waals surface area contributed by atoms with Gasteiger partial charge in [0.05, 0.1) is 11.4 Å². The van der Waals surface area contributed by atoms with Crippen molar-refractivity contribution in [1.29, 1.82) is 0 Å². The monoisotopic (exact) mass is 165 g/mol. The summed E-state index contributed by atoms with van der Waals surface area (Å²) in [5, 5.41) is 3.69. The molecule has 0 aromatic heterocycles. The van der Waals surface area contributed by atoms with Gasteiger partial charge < -0.3 is 0 Å². The Kier molecular flexibility index (Phi) is 1.30. The van der Waals surface area contributed by atoms with Gasteiger partial charge in [0, 0.05) is 7.05 Å². The van der Waals surface area contributed by atoms with E-state index in [1.54, 1.807) is 7.05 Å². The van der Waals surface area contributed by atoms with E-state index in [0.717, 1.165) is 0 Å². The minimum absolute atomic E-state index is 0.351. The maximum absolute atomic E-state index is 12.7. The first-order valence-corrected chi connectivity index (χ1v) is 3.47. The fourth-order valence-corrected chi connectivity index (χ4v) is 1.14. The molecule has 0 bridgehead atoms. The fraction of sp³-hybridized carbons (Fsp3) is 0.125. The molecule has 1 aliphatic heterocycles. The van der Waals surface area contributed by atoms with E-state index in [1.807, 2.05) is 0 Å². The van der Waals surface area contributed by atoms with Crippen LogP contribution in [0.4, 0.5) is 20.6 Å². The number of amides is 2. The zero-order valence-electron chi connectivity index (χ0n) is 6.41. The van der Waals surface area contributed by atoms with Crippen LogP contribution in [0.2, 0.25) is 0 Å². The Hall–Kier alpha value is -1.58. The van der Waals surface area contributed by atoms with Gasteiger partial charge in [-0.05, 0) is 18.2 Å². The van der Waals surface area contributed by atoms with Crippen molar-refractivity contribution < 1.29 is 9.18 Å². The number of carbonyl (C=O) groups is 1. The molecule has 0 saturated carbocycles. The molecule has 1 aromatic rings. The quantitative estimate of drug-likeness (QED) is 0.575. The van der Waals surface area contributed by atoms with Gasteiger partial charge >= 0.3 is 6.03 Å². The van der Waals surface area contributed by atoms with Crippen LogP contribution < -0.4 is 10.2 Å². The van der Waals surface area contributed by atoms with Crippen LogP contribution in [0.3, 0.4) is 0 Å². The standard InChI is InChI=1S/C8H6FN2O/c1-11-7-4-5(9)2-3-6(7)10-8(11)12/h2-4H,1H3. The Morgan fingerprint density at radius 1 is 1.50 bits per heavy atom. The molecule has 0 unspecified atom stereocenters. The second-order valence-electron chi connectivity index (χ2n) is 2.59. The summed E-state index contributed by atoms with van der Waals surface area (Å²) in [6.45, 7) is 0. The Morgan fingerprint density at radius 2 is 2.25 bits per heavy atom. The SMILES string of the molecule is CN1C(=O)[N]c2ccc(F)cc21. The largest absolute Gasteiger partial charge is 0.348 e. The first-order chi connectivity index (χ1) is 5.68. The van der Waals surface area contributed by atoms with Gasteiger partial charge in [0.15, 0.2) is 0 Å². The van der Waals surface area contributed by atoms with E-state index in [2.05, 4.69) is 5.32 Å². The third kappa shape index (κ3) is 0.845. The first kappa shape index (κ1) is 7.09. The number of anilines is 1. The molecule has 61 valence electrons. The normalized spacial score (nSPS) is 14.5. The fourth-order valence-electron chi connectivity index (χ4n) is 1.14. The van der Waals surface area contributed by atoms with Crippen LogP contribution >= 0.6 is 0 Å². The average Bonchev–Trinajstić information content (AvgIpc) is 2.31. The third-order valence-electron chi connectivity index (χ3n) is 1.80. The molecule has 0 fully saturated rings. The van der Waals surface area contributed by atoms with Crippen LogP contribution in [0.15, 0.2) is 18.2 Å². The highest BCUT2D eigenvalue weighted by Gasteiger charge is 2.25. The molecule has 0 spiro atoms. The first-order valence-electron chi connectivity index (χ1n) is 3.47. The molecule has 0 N–H and O–H groups in total. The molecular formula is C8H6FN2O. The van der Waals surface area contributed by atoms with Crippen molar-refractivity contribution in [3.8, 4) is 0 Å². The highest BCUT2D eigenvalue weighted by atomic mass is 19.1. The van der Waals surface area contributed by atoms with Gasteiger partial charge in [0.25, 0.3) is 0 Å². The van der Waals surface area contributed by atoms with Crippen molar-refractivity contribution in [2.45, 2.75) is 0 Å². The van der Waals surface area contributed by atoms with E-state index in [9.17, 15) is 9.18 Å². The van der Waals surface area contributed by atoms with E-state index in [-0.39, 0.29) is 11.8 Å². The second kappa shape index (κ2) is 2.20. The zero-order valence-corrected chi connectivity index (χ0v) is 6.41. The van der Waals surface area contributed by atoms with Crippen molar-refractivity contribution in [1.82, 2.24) is 5.32 Å². The summed E-state index contributed by atoms with van der Waals surface area (Å²) in [5.74, 6) is -0.356. The molecule has 2 rings (SSSR count). The maximum Gasteiger partial charge on any atom is 0.348 e. The number of hydrogen-bond acceptors (Lipinski definition) is 1. The van der Waals surface area contributed by atoms with Gasteiger partial charge in [0.1, 0.15) is 5.82 Å². The Bertz CT molecular complexity index is 351. The molecule has 0 saturated heterocycles. The molecule has 1 aliphatic rings. The van der Waals surface area contributed by atoms with Crippen LogP contribution in [0.5, 0.6) is 0 Å². The second-order valence-corrected chi connectivity index (χ2v) is 2.59. The van der Waals surface area contributed by atoms with Gasteiger partial charge in [-0.1, -0.05) is 0 Å². The summed E-state index contributed by atoms with van der Waals surface area (Å²) < 4.78 is 12.7. The van der Waals surface area contributed by atoms with Crippen LogP contribution in [-0.2, 0) is 0 Å². The van der Waals surface area contributed by atoms with Crippen LogP contribution in [0, 0.1) is 5.82 Å². The number of rotatable bonds is 0. The predicted molar refractivity (Wildman–Crippen MR) is 42.0 cm³/mol. The molecule has 12 heavy (non-hydrogen) atoms.